The summed E-state index contributed by atoms with van der Waals surface area (Å²) in [5.41, 5.74) is 1.38. The maximum absolute atomic E-state index is 13.6. The van der Waals surface area contributed by atoms with Gasteiger partial charge in [-0.05, 0) is 54.4 Å². The van der Waals surface area contributed by atoms with E-state index in [4.69, 9.17) is 0 Å². The van der Waals surface area contributed by atoms with Crippen molar-refractivity contribution in [3.63, 3.8) is 0 Å². The van der Waals surface area contributed by atoms with Gasteiger partial charge in [0.2, 0.25) is 5.95 Å². The van der Waals surface area contributed by atoms with Crippen molar-refractivity contribution in [1.29, 1.82) is 5.26 Å². The molecule has 1 aliphatic heterocycles. The highest BCUT2D eigenvalue weighted by Crippen LogP contribution is 2.33. The maximum atomic E-state index is 13.6. The number of benzene rings is 1. The van der Waals surface area contributed by atoms with Gasteiger partial charge < -0.3 is 10.2 Å². The number of hydrogen-bond donors (Lipinski definition) is 1. The lowest BCUT2D eigenvalue weighted by molar-refractivity contribution is -0.141. The van der Waals surface area contributed by atoms with Crippen molar-refractivity contribution in [2.24, 2.45) is 0 Å². The molecule has 184 valence electrons. The zero-order chi connectivity index (χ0) is 25.5. The highest BCUT2D eigenvalue weighted by molar-refractivity contribution is 5.80. The number of rotatable bonds is 4. The molecule has 0 aliphatic carbocycles. The van der Waals surface area contributed by atoms with E-state index in [0.29, 0.717) is 37.3 Å². The van der Waals surface area contributed by atoms with E-state index in [-0.39, 0.29) is 11.8 Å². The molecule has 0 saturated carbocycles. The number of anilines is 2. The Kier molecular flexibility index (Phi) is 5.74. The van der Waals surface area contributed by atoms with E-state index in [1.54, 1.807) is 21.7 Å². The summed E-state index contributed by atoms with van der Waals surface area (Å²) in [5, 5.41) is 17.6. The zero-order valence-corrected chi connectivity index (χ0v) is 19.2. The Labute approximate surface area is 204 Å². The Morgan fingerprint density at radius 3 is 2.56 bits per heavy atom. The molecule has 5 rings (SSSR count). The Balaban J connectivity index is 1.37. The Hall–Kier alpha value is -4.20. The lowest BCUT2D eigenvalue weighted by Crippen LogP contribution is -2.48. The Morgan fingerprint density at radius 1 is 1.08 bits per heavy atom. The van der Waals surface area contributed by atoms with Crippen molar-refractivity contribution >= 4 is 17.3 Å². The maximum Gasteiger partial charge on any atom is 0.433 e. The van der Waals surface area contributed by atoms with Gasteiger partial charge in [0.15, 0.2) is 5.65 Å². The fourth-order valence-electron chi connectivity index (χ4n) is 4.50. The monoisotopic (exact) mass is 495 g/mol. The summed E-state index contributed by atoms with van der Waals surface area (Å²) in [6.45, 7) is 2.56. The van der Waals surface area contributed by atoms with Crippen molar-refractivity contribution in [2.45, 2.75) is 31.5 Å². The second-order valence-corrected chi connectivity index (χ2v) is 8.79. The molecule has 4 heterocycles. The number of nitrogens with one attached hydrogen (secondary N) is 1. The summed E-state index contributed by atoms with van der Waals surface area (Å²) in [6, 6.07) is 13.1. The van der Waals surface area contributed by atoms with Crippen molar-refractivity contribution in [3.8, 4) is 17.2 Å². The third kappa shape index (κ3) is 4.42. The molecule has 36 heavy (non-hydrogen) atoms. The highest BCUT2D eigenvalue weighted by Gasteiger charge is 2.37. The average molecular weight is 495 g/mol. The van der Waals surface area contributed by atoms with E-state index >= 15 is 0 Å². The van der Waals surface area contributed by atoms with Gasteiger partial charge in [-0.2, -0.15) is 23.4 Å². The van der Waals surface area contributed by atoms with E-state index in [1.165, 1.54) is 18.2 Å². The van der Waals surface area contributed by atoms with Gasteiger partial charge >= 0.3 is 6.18 Å². The number of nitrogens with zero attached hydrogens (tertiary/aromatic N) is 6. The molecule has 4 aromatic rings. The molecule has 0 radical (unpaired) electrons. The van der Waals surface area contributed by atoms with Crippen LogP contribution in [0.4, 0.5) is 29.2 Å². The molecular formula is C25H21F4N7. The second-order valence-electron chi connectivity index (χ2n) is 8.79. The average Bonchev–Trinajstić information content (AvgIpc) is 3.26. The molecule has 11 heteroatoms. The van der Waals surface area contributed by atoms with Gasteiger partial charge in [0.05, 0.1) is 6.07 Å². The summed E-state index contributed by atoms with van der Waals surface area (Å²) in [6.07, 6.45) is -0.939. The smallest absolute Gasteiger partial charge is 0.371 e. The van der Waals surface area contributed by atoms with Crippen LogP contribution in [0.1, 0.15) is 24.1 Å². The lowest BCUT2D eigenvalue weighted by atomic mass is 9.89. The van der Waals surface area contributed by atoms with Crippen LogP contribution in [0.3, 0.4) is 0 Å². The normalized spacial score (nSPS) is 15.6. The van der Waals surface area contributed by atoms with Crippen molar-refractivity contribution in [2.75, 3.05) is 23.3 Å². The van der Waals surface area contributed by atoms with Gasteiger partial charge in [-0.3, -0.25) is 4.98 Å². The van der Waals surface area contributed by atoms with Crippen LogP contribution in [0.5, 0.6) is 0 Å². The summed E-state index contributed by atoms with van der Waals surface area (Å²) in [5.74, 6) is -0.0591. The molecule has 1 fully saturated rings. The molecule has 1 saturated heterocycles. The first-order chi connectivity index (χ1) is 17.2. The largest absolute Gasteiger partial charge is 0.433 e. The summed E-state index contributed by atoms with van der Waals surface area (Å²) < 4.78 is 54.4. The SMILES string of the molecule is Cc1cc(F)ccc1-c1cccn2nc(NC3(C#N)CCN(c4ccnc(C(F)(F)F)c4)CC3)nc12. The van der Waals surface area contributed by atoms with Gasteiger partial charge in [0.25, 0.3) is 0 Å². The van der Waals surface area contributed by atoms with Crippen molar-refractivity contribution in [1.82, 2.24) is 19.6 Å². The molecule has 1 N–H and O–H groups in total. The minimum atomic E-state index is -4.52. The number of fused-ring (bicyclic) bond motifs is 1. The molecule has 0 unspecified atom stereocenters. The van der Waals surface area contributed by atoms with Crippen LogP contribution < -0.4 is 10.2 Å². The Bertz CT molecular complexity index is 1460. The van der Waals surface area contributed by atoms with Crippen LogP contribution in [0, 0.1) is 24.1 Å². The first kappa shape index (κ1) is 23.5. The fraction of sp³-hybridized carbons (Fsp3) is 0.280. The van der Waals surface area contributed by atoms with Crippen LogP contribution in [0.15, 0.2) is 54.9 Å². The third-order valence-corrected chi connectivity index (χ3v) is 6.42. The van der Waals surface area contributed by atoms with E-state index < -0.39 is 17.4 Å². The molecule has 0 amide bonds. The number of aromatic nitrogens is 4. The van der Waals surface area contributed by atoms with Crippen LogP contribution in [0.2, 0.25) is 0 Å². The number of piperidine rings is 1. The highest BCUT2D eigenvalue weighted by atomic mass is 19.4. The van der Waals surface area contributed by atoms with Crippen LogP contribution >= 0.6 is 0 Å². The van der Waals surface area contributed by atoms with Crippen LogP contribution in [-0.4, -0.2) is 38.2 Å². The number of alkyl halides is 3. The third-order valence-electron chi connectivity index (χ3n) is 6.42. The lowest BCUT2D eigenvalue weighted by Gasteiger charge is -2.38. The molecule has 0 bridgehead atoms. The minimum absolute atomic E-state index is 0.264. The van der Waals surface area contributed by atoms with Crippen molar-refractivity contribution in [3.05, 3.63) is 71.9 Å². The summed E-state index contributed by atoms with van der Waals surface area (Å²) in [4.78, 5) is 9.82. The summed E-state index contributed by atoms with van der Waals surface area (Å²) >= 11 is 0. The summed E-state index contributed by atoms with van der Waals surface area (Å²) in [7, 11) is 0. The van der Waals surface area contributed by atoms with E-state index in [1.807, 2.05) is 19.1 Å². The molecule has 0 atom stereocenters. The molecule has 1 aromatic carbocycles. The zero-order valence-electron chi connectivity index (χ0n) is 19.2. The molecule has 7 nitrogen and oxygen atoms in total. The predicted molar refractivity (Wildman–Crippen MR) is 126 cm³/mol. The van der Waals surface area contributed by atoms with Crippen LogP contribution in [-0.2, 0) is 6.18 Å². The molecule has 1 aliphatic rings. The quantitative estimate of drug-likeness (QED) is 0.391. The first-order valence-electron chi connectivity index (χ1n) is 11.3. The number of aryl methyl sites for hydroxylation is 1. The van der Waals surface area contributed by atoms with Crippen LogP contribution in [0.25, 0.3) is 16.8 Å². The topological polar surface area (TPSA) is 82.1 Å². The fourth-order valence-corrected chi connectivity index (χ4v) is 4.50. The number of nitriles is 1. The van der Waals surface area contributed by atoms with E-state index in [0.717, 1.165) is 29.0 Å². The molecule has 0 spiro atoms. The van der Waals surface area contributed by atoms with E-state index in [2.05, 4.69) is 26.5 Å². The molecule has 3 aromatic heterocycles. The Morgan fingerprint density at radius 2 is 1.86 bits per heavy atom. The first-order valence-corrected chi connectivity index (χ1v) is 11.3. The van der Waals surface area contributed by atoms with Gasteiger partial charge in [0, 0.05) is 49.6 Å². The van der Waals surface area contributed by atoms with Gasteiger partial charge in [0.1, 0.15) is 17.1 Å². The van der Waals surface area contributed by atoms with Crippen molar-refractivity contribution < 1.29 is 17.6 Å². The number of hydrogen-bond acceptors (Lipinski definition) is 6. The van der Waals surface area contributed by atoms with Gasteiger partial charge in [-0.15, -0.1) is 5.10 Å². The standard InChI is InChI=1S/C25H21F4N7/c1-16-13-17(26)4-5-19(16)20-3-2-10-36-22(20)32-23(34-36)33-24(15-30)7-11-35(12-8-24)18-6-9-31-21(14-18)25(27,28)29/h2-6,9-10,13-14H,7-8,11-12H2,1H3,(H,33,34). The molecular weight excluding hydrogens is 474 g/mol. The number of halogens is 4. The minimum Gasteiger partial charge on any atom is -0.371 e. The van der Waals surface area contributed by atoms with Gasteiger partial charge in [-0.25, -0.2) is 8.91 Å². The predicted octanol–water partition coefficient (Wildman–Crippen LogP) is 5.23. The van der Waals surface area contributed by atoms with Gasteiger partial charge in [-0.1, -0.05) is 6.07 Å². The second kappa shape index (κ2) is 8.78. The van der Waals surface area contributed by atoms with E-state index in [9.17, 15) is 22.8 Å². The number of pyridine rings is 2.